The highest BCUT2D eigenvalue weighted by atomic mass is 32.1. The van der Waals surface area contributed by atoms with Gasteiger partial charge in [-0.05, 0) is 13.8 Å². The molecule has 1 heterocycles. The number of nitrogen functional groups attached to an aromatic ring is 1. The minimum Gasteiger partial charge on any atom is -0.478 e. The molecule has 10 nitrogen and oxygen atoms in total. The Morgan fingerprint density at radius 2 is 2.17 bits per heavy atom. The molecule has 0 radical (unpaired) electrons. The number of hydrogen-bond acceptors (Lipinski definition) is 9. The van der Waals surface area contributed by atoms with Crippen LogP contribution in [-0.4, -0.2) is 45.5 Å². The third-order valence-electron chi connectivity index (χ3n) is 2.38. The second-order valence-electron chi connectivity index (χ2n) is 4.67. The Hall–Kier alpha value is -2.82. The number of carboxylic acids is 1. The predicted octanol–water partition coefficient (Wildman–Crippen LogP) is -0.459. The van der Waals surface area contributed by atoms with Crippen LogP contribution in [0.4, 0.5) is 5.13 Å². The van der Waals surface area contributed by atoms with Crippen molar-refractivity contribution in [1.29, 1.82) is 0 Å². The molecule has 11 heteroatoms. The van der Waals surface area contributed by atoms with Crippen molar-refractivity contribution in [2.24, 2.45) is 5.16 Å². The summed E-state index contributed by atoms with van der Waals surface area (Å²) in [5, 5.41) is 15.9. The Bertz CT molecular complexity index is 666. The van der Waals surface area contributed by atoms with E-state index in [4.69, 9.17) is 15.7 Å². The normalized spacial score (nSPS) is 11.7. The Balaban J connectivity index is 3.07. The molecule has 0 atom stereocenters. The lowest BCUT2D eigenvalue weighted by Gasteiger charge is -2.16. The average Bonchev–Trinajstić information content (AvgIpc) is 2.85. The average molecular weight is 342 g/mol. The van der Waals surface area contributed by atoms with Crippen LogP contribution in [-0.2, 0) is 24.0 Å². The second-order valence-corrected chi connectivity index (χ2v) is 5.56. The lowest BCUT2D eigenvalue weighted by molar-refractivity contribution is -0.161. The number of carbonyl (C=O) groups excluding carboxylic acids is 3. The van der Waals surface area contributed by atoms with E-state index in [0.717, 1.165) is 11.3 Å². The standard InChI is InChI=1S/C12H14N4O6S/c1-12(2,10(20)21)22-16-8(6-5-23-11(13)14-6)9(19)15-7(18)3-4-17/h4-5H,3H2,1-2H3,(H2,13,14)(H,20,21)(H,15,18,19)/b16-8-. The van der Waals surface area contributed by atoms with Crippen LogP contribution in [0, 0.1) is 0 Å². The SMILES string of the molecule is CC(C)(O/N=C(\C(=O)NC(=O)CC=O)c1csc(N)n1)C(=O)O. The smallest absolute Gasteiger partial charge is 0.350 e. The Morgan fingerprint density at radius 3 is 2.65 bits per heavy atom. The van der Waals surface area contributed by atoms with Crippen molar-refractivity contribution < 1.29 is 29.1 Å². The van der Waals surface area contributed by atoms with Gasteiger partial charge in [0.15, 0.2) is 10.8 Å². The summed E-state index contributed by atoms with van der Waals surface area (Å²) in [5.74, 6) is -3.16. The number of nitrogens with one attached hydrogen (secondary N) is 1. The minimum atomic E-state index is -1.71. The molecule has 0 aliphatic rings. The number of carboxylic acid groups (broad SMARTS) is 1. The molecule has 2 amide bonds. The molecular formula is C12H14N4O6S. The molecule has 0 fully saturated rings. The highest BCUT2D eigenvalue weighted by Crippen LogP contribution is 2.15. The number of nitrogens with zero attached hydrogens (tertiary/aromatic N) is 2. The summed E-state index contributed by atoms with van der Waals surface area (Å²) in [4.78, 5) is 53.3. The van der Waals surface area contributed by atoms with Crippen LogP contribution >= 0.6 is 11.3 Å². The largest absolute Gasteiger partial charge is 0.478 e. The van der Waals surface area contributed by atoms with Crippen LogP contribution in [0.5, 0.6) is 0 Å². The zero-order chi connectivity index (χ0) is 17.6. The first-order valence-electron chi connectivity index (χ1n) is 6.16. The topological polar surface area (TPSA) is 161 Å². The van der Waals surface area contributed by atoms with Crippen molar-refractivity contribution in [3.63, 3.8) is 0 Å². The van der Waals surface area contributed by atoms with E-state index >= 15 is 0 Å². The molecule has 0 saturated carbocycles. The van der Waals surface area contributed by atoms with Gasteiger partial charge in [0.2, 0.25) is 11.5 Å². The molecule has 0 spiro atoms. The number of anilines is 1. The summed E-state index contributed by atoms with van der Waals surface area (Å²) in [6.45, 7) is 2.45. The quantitative estimate of drug-likeness (QED) is 0.259. The second kappa shape index (κ2) is 7.45. The maximum absolute atomic E-state index is 12.0. The van der Waals surface area contributed by atoms with Gasteiger partial charge in [0.25, 0.3) is 5.91 Å². The molecule has 0 aromatic carbocycles. The molecule has 0 unspecified atom stereocenters. The van der Waals surface area contributed by atoms with Crippen LogP contribution < -0.4 is 11.1 Å². The molecule has 1 rings (SSSR count). The molecular weight excluding hydrogens is 328 g/mol. The van der Waals surface area contributed by atoms with Gasteiger partial charge in [-0.1, -0.05) is 5.16 Å². The number of imide groups is 1. The number of nitrogens with two attached hydrogens (primary N) is 1. The van der Waals surface area contributed by atoms with E-state index < -0.39 is 35.5 Å². The van der Waals surface area contributed by atoms with Gasteiger partial charge in [0, 0.05) is 5.38 Å². The summed E-state index contributed by atoms with van der Waals surface area (Å²) in [6.07, 6.45) is -0.190. The zero-order valence-corrected chi connectivity index (χ0v) is 13.0. The number of hydrogen-bond donors (Lipinski definition) is 3. The van der Waals surface area contributed by atoms with Gasteiger partial charge >= 0.3 is 5.97 Å². The molecule has 0 aliphatic carbocycles. The number of aliphatic carboxylic acids is 1. The molecule has 0 aliphatic heterocycles. The van der Waals surface area contributed by atoms with E-state index in [-0.39, 0.29) is 10.8 Å². The van der Waals surface area contributed by atoms with E-state index in [0.29, 0.717) is 6.29 Å². The van der Waals surface area contributed by atoms with Crippen molar-refractivity contribution >= 4 is 46.2 Å². The van der Waals surface area contributed by atoms with Crippen molar-refractivity contribution in [3.8, 4) is 0 Å². The number of thiazole rings is 1. The van der Waals surface area contributed by atoms with Gasteiger partial charge in [0.1, 0.15) is 12.0 Å². The maximum atomic E-state index is 12.0. The Morgan fingerprint density at radius 1 is 1.52 bits per heavy atom. The monoisotopic (exact) mass is 342 g/mol. The fraction of sp³-hybridized carbons (Fsp3) is 0.333. The highest BCUT2D eigenvalue weighted by molar-refractivity contribution is 7.13. The fourth-order valence-corrected chi connectivity index (χ4v) is 1.66. The molecule has 0 bridgehead atoms. The van der Waals surface area contributed by atoms with E-state index in [1.165, 1.54) is 19.2 Å². The fourth-order valence-electron chi connectivity index (χ4n) is 1.11. The van der Waals surface area contributed by atoms with Gasteiger partial charge in [-0.3, -0.25) is 14.9 Å². The first-order valence-corrected chi connectivity index (χ1v) is 7.04. The third-order valence-corrected chi connectivity index (χ3v) is 3.06. The van der Waals surface area contributed by atoms with Gasteiger partial charge in [-0.2, -0.15) is 0 Å². The van der Waals surface area contributed by atoms with E-state index in [1.54, 1.807) is 0 Å². The van der Waals surface area contributed by atoms with Crippen LogP contribution in [0.15, 0.2) is 10.5 Å². The number of carbonyl (C=O) groups is 4. The first kappa shape index (κ1) is 18.2. The molecule has 1 aromatic rings. The summed E-state index contributed by atoms with van der Waals surface area (Å²) >= 11 is 1.01. The van der Waals surface area contributed by atoms with Crippen molar-refractivity contribution in [2.45, 2.75) is 25.9 Å². The lowest BCUT2D eigenvalue weighted by Crippen LogP contribution is -2.38. The van der Waals surface area contributed by atoms with Crippen molar-refractivity contribution in [1.82, 2.24) is 10.3 Å². The van der Waals surface area contributed by atoms with Gasteiger partial charge in [-0.15, -0.1) is 11.3 Å². The number of amides is 2. The van der Waals surface area contributed by atoms with Gasteiger partial charge in [-0.25, -0.2) is 9.78 Å². The van der Waals surface area contributed by atoms with Crippen LogP contribution in [0.1, 0.15) is 26.0 Å². The maximum Gasteiger partial charge on any atom is 0.350 e. The van der Waals surface area contributed by atoms with Crippen LogP contribution in [0.3, 0.4) is 0 Å². The van der Waals surface area contributed by atoms with Crippen LogP contribution in [0.2, 0.25) is 0 Å². The summed E-state index contributed by atoms with van der Waals surface area (Å²) < 4.78 is 0. The van der Waals surface area contributed by atoms with E-state index in [9.17, 15) is 19.2 Å². The predicted molar refractivity (Wildman–Crippen MR) is 79.7 cm³/mol. The van der Waals surface area contributed by atoms with Gasteiger partial charge in [0.05, 0.1) is 6.42 Å². The number of rotatable bonds is 7. The lowest BCUT2D eigenvalue weighted by atomic mass is 10.1. The Kier molecular flexibility index (Phi) is 5.90. The molecule has 124 valence electrons. The third kappa shape index (κ3) is 5.14. The van der Waals surface area contributed by atoms with Gasteiger partial charge < -0.3 is 20.5 Å². The van der Waals surface area contributed by atoms with Crippen molar-refractivity contribution in [3.05, 3.63) is 11.1 Å². The van der Waals surface area contributed by atoms with Crippen molar-refractivity contribution in [2.75, 3.05) is 5.73 Å². The summed E-state index contributed by atoms with van der Waals surface area (Å²) in [6, 6.07) is 0. The molecule has 1 aromatic heterocycles. The summed E-state index contributed by atoms with van der Waals surface area (Å²) in [5.41, 5.74) is 3.33. The summed E-state index contributed by atoms with van der Waals surface area (Å²) in [7, 11) is 0. The number of aldehydes is 1. The van der Waals surface area contributed by atoms with E-state index in [1.807, 2.05) is 5.32 Å². The first-order chi connectivity index (χ1) is 10.7. The molecule has 4 N–H and O–H groups in total. The van der Waals surface area contributed by atoms with Crippen LogP contribution in [0.25, 0.3) is 0 Å². The zero-order valence-electron chi connectivity index (χ0n) is 12.2. The Labute approximate surface area is 134 Å². The number of oxime groups is 1. The van der Waals surface area contributed by atoms with E-state index in [2.05, 4.69) is 10.1 Å². The molecule has 23 heavy (non-hydrogen) atoms. The highest BCUT2D eigenvalue weighted by Gasteiger charge is 2.31. The minimum absolute atomic E-state index is 0.00471. The number of aromatic nitrogens is 1. The molecule has 0 saturated heterocycles.